The van der Waals surface area contributed by atoms with Crippen molar-refractivity contribution in [2.24, 2.45) is 0 Å². The summed E-state index contributed by atoms with van der Waals surface area (Å²) < 4.78 is 0. The Morgan fingerprint density at radius 1 is 1.38 bits per heavy atom. The van der Waals surface area contributed by atoms with Crippen LogP contribution in [-0.2, 0) is 4.79 Å². The minimum Gasteiger partial charge on any atom is -0.336 e. The van der Waals surface area contributed by atoms with Gasteiger partial charge in [-0.1, -0.05) is 0 Å². The van der Waals surface area contributed by atoms with E-state index < -0.39 is 11.6 Å². The molecule has 1 atom stereocenters. The third kappa shape index (κ3) is 2.35. The number of carbonyl (C=O) groups excluding carboxylic acids is 3. The largest absolute Gasteiger partial charge is 0.336 e. The quantitative estimate of drug-likeness (QED) is 0.722. The minimum atomic E-state index is -0.984. The molecule has 0 aliphatic carbocycles. The number of carbonyl (C=O) groups is 3. The van der Waals surface area contributed by atoms with Crippen molar-refractivity contribution in [1.29, 1.82) is 0 Å². The number of piperidine rings is 1. The van der Waals surface area contributed by atoms with Crippen LogP contribution in [0.5, 0.6) is 0 Å². The highest BCUT2D eigenvalue weighted by molar-refractivity contribution is 6.07. The number of likely N-dealkylation sites (tertiary alicyclic amines) is 1. The number of imide groups is 1. The normalized spacial score (nSPS) is 24.9. The molecule has 1 spiro atoms. The summed E-state index contributed by atoms with van der Waals surface area (Å²) in [5, 5.41) is 4.90. The first-order valence-electron chi connectivity index (χ1n) is 6.85. The van der Waals surface area contributed by atoms with Gasteiger partial charge in [-0.2, -0.15) is 0 Å². The summed E-state index contributed by atoms with van der Waals surface area (Å²) in [4.78, 5) is 41.5. The lowest BCUT2D eigenvalue weighted by atomic mass is 9.89. The van der Waals surface area contributed by atoms with Gasteiger partial charge < -0.3 is 10.2 Å². The van der Waals surface area contributed by atoms with Gasteiger partial charge in [0.15, 0.2) is 0 Å². The molecule has 2 fully saturated rings. The van der Waals surface area contributed by atoms with E-state index in [1.165, 1.54) is 6.20 Å². The predicted molar refractivity (Wildman–Crippen MR) is 73.5 cm³/mol. The van der Waals surface area contributed by atoms with Crippen molar-refractivity contribution >= 4 is 17.8 Å². The number of rotatable bonds is 1. The zero-order chi connectivity index (χ0) is 15.0. The van der Waals surface area contributed by atoms with E-state index in [4.69, 9.17) is 0 Å². The fourth-order valence-corrected chi connectivity index (χ4v) is 2.90. The third-order valence-electron chi connectivity index (χ3n) is 3.92. The Kier molecular flexibility index (Phi) is 3.12. The maximum absolute atomic E-state index is 12.5. The summed E-state index contributed by atoms with van der Waals surface area (Å²) in [5.74, 6) is -0.522. The van der Waals surface area contributed by atoms with Gasteiger partial charge in [0.25, 0.3) is 11.8 Å². The van der Waals surface area contributed by atoms with Gasteiger partial charge in [-0.25, -0.2) is 4.79 Å². The Balaban J connectivity index is 1.82. The van der Waals surface area contributed by atoms with Crippen LogP contribution >= 0.6 is 0 Å². The first-order chi connectivity index (χ1) is 10.00. The van der Waals surface area contributed by atoms with Gasteiger partial charge in [-0.3, -0.25) is 19.9 Å². The average molecular weight is 288 g/mol. The van der Waals surface area contributed by atoms with E-state index in [0.29, 0.717) is 24.9 Å². The highest BCUT2D eigenvalue weighted by Crippen LogP contribution is 2.25. The van der Waals surface area contributed by atoms with Crippen LogP contribution in [0.25, 0.3) is 0 Å². The number of aromatic nitrogens is 1. The molecule has 1 unspecified atom stereocenters. The van der Waals surface area contributed by atoms with E-state index >= 15 is 0 Å². The van der Waals surface area contributed by atoms with E-state index in [2.05, 4.69) is 15.6 Å². The summed E-state index contributed by atoms with van der Waals surface area (Å²) in [6.45, 7) is 2.63. The topological polar surface area (TPSA) is 91.4 Å². The van der Waals surface area contributed by atoms with Crippen LogP contribution in [0.4, 0.5) is 4.79 Å². The van der Waals surface area contributed by atoms with Gasteiger partial charge in [0.2, 0.25) is 0 Å². The van der Waals surface area contributed by atoms with Gasteiger partial charge in [-0.05, 0) is 31.4 Å². The zero-order valence-corrected chi connectivity index (χ0v) is 11.7. The van der Waals surface area contributed by atoms with Gasteiger partial charge in [0.1, 0.15) is 5.54 Å². The number of pyridine rings is 1. The molecule has 0 aromatic carbocycles. The molecule has 2 saturated heterocycles. The Morgan fingerprint density at radius 2 is 2.19 bits per heavy atom. The van der Waals surface area contributed by atoms with Crippen molar-refractivity contribution in [3.63, 3.8) is 0 Å². The highest BCUT2D eigenvalue weighted by atomic mass is 16.2. The molecule has 1 aromatic rings. The maximum atomic E-state index is 12.5. The fraction of sp³-hybridized carbons (Fsp3) is 0.429. The number of urea groups is 1. The maximum Gasteiger partial charge on any atom is 0.322 e. The molecule has 0 saturated carbocycles. The van der Waals surface area contributed by atoms with Gasteiger partial charge >= 0.3 is 6.03 Å². The lowest BCUT2D eigenvalue weighted by molar-refractivity contribution is -0.125. The average Bonchev–Trinajstić information content (AvgIpc) is 2.72. The number of aryl methyl sites for hydroxylation is 1. The molecule has 3 rings (SSSR count). The van der Waals surface area contributed by atoms with Crippen molar-refractivity contribution in [3.8, 4) is 0 Å². The second kappa shape index (κ2) is 4.83. The van der Waals surface area contributed by atoms with Crippen LogP contribution < -0.4 is 10.6 Å². The van der Waals surface area contributed by atoms with Crippen LogP contribution in [0.2, 0.25) is 0 Å². The van der Waals surface area contributed by atoms with E-state index in [0.717, 1.165) is 5.56 Å². The minimum absolute atomic E-state index is 0.167. The number of amides is 4. The van der Waals surface area contributed by atoms with Gasteiger partial charge in [-0.15, -0.1) is 0 Å². The Hall–Kier alpha value is -2.44. The predicted octanol–water partition coefficient (Wildman–Crippen LogP) is 0.204. The fourth-order valence-electron chi connectivity index (χ4n) is 2.90. The Bertz CT molecular complexity index is 630. The standard InChI is InChI=1S/C14H16N4O3/c1-9-5-10(7-15-6-9)11(19)18-4-2-3-14(8-18)12(20)16-13(21)17-14/h5-7H,2-4,8H2,1H3,(H2,16,17,20,21). The first kappa shape index (κ1) is 13.5. The molecule has 0 radical (unpaired) electrons. The molecule has 0 bridgehead atoms. The lowest BCUT2D eigenvalue weighted by Crippen LogP contribution is -2.59. The Morgan fingerprint density at radius 3 is 2.86 bits per heavy atom. The molecule has 1 aromatic heterocycles. The second-order valence-electron chi connectivity index (χ2n) is 5.57. The first-order valence-corrected chi connectivity index (χ1v) is 6.85. The monoisotopic (exact) mass is 288 g/mol. The lowest BCUT2D eigenvalue weighted by Gasteiger charge is -2.38. The van der Waals surface area contributed by atoms with Gasteiger partial charge in [0, 0.05) is 18.9 Å². The molecular formula is C14H16N4O3. The SMILES string of the molecule is Cc1cncc(C(=O)N2CCCC3(C2)NC(=O)NC3=O)c1. The smallest absolute Gasteiger partial charge is 0.322 e. The van der Waals surface area contributed by atoms with Crippen molar-refractivity contribution in [1.82, 2.24) is 20.5 Å². The number of nitrogens with zero attached hydrogens (tertiary/aromatic N) is 2. The number of hydrogen-bond donors (Lipinski definition) is 2. The highest BCUT2D eigenvalue weighted by Gasteiger charge is 2.49. The summed E-state index contributed by atoms with van der Waals surface area (Å²) in [6.07, 6.45) is 4.40. The Labute approximate surface area is 121 Å². The van der Waals surface area contributed by atoms with Crippen LogP contribution in [-0.4, -0.2) is 46.4 Å². The molecular weight excluding hydrogens is 272 g/mol. The molecule has 7 nitrogen and oxygen atoms in total. The van der Waals surface area contributed by atoms with Crippen molar-refractivity contribution < 1.29 is 14.4 Å². The molecule has 2 aliphatic heterocycles. The van der Waals surface area contributed by atoms with Crippen LogP contribution in [0.1, 0.15) is 28.8 Å². The van der Waals surface area contributed by atoms with Crippen molar-refractivity contribution in [2.45, 2.75) is 25.3 Å². The number of nitrogens with one attached hydrogen (secondary N) is 2. The summed E-state index contributed by atoms with van der Waals surface area (Å²) in [6, 6.07) is 1.27. The zero-order valence-electron chi connectivity index (χ0n) is 11.7. The third-order valence-corrected chi connectivity index (χ3v) is 3.92. The summed E-state index contributed by atoms with van der Waals surface area (Å²) >= 11 is 0. The van der Waals surface area contributed by atoms with Crippen molar-refractivity contribution in [2.75, 3.05) is 13.1 Å². The van der Waals surface area contributed by atoms with E-state index in [-0.39, 0.29) is 18.4 Å². The van der Waals surface area contributed by atoms with Crippen LogP contribution in [0.15, 0.2) is 18.5 Å². The summed E-state index contributed by atoms with van der Waals surface area (Å²) in [5.41, 5.74) is 0.415. The molecule has 4 amide bonds. The van der Waals surface area contributed by atoms with Crippen molar-refractivity contribution in [3.05, 3.63) is 29.6 Å². The van der Waals surface area contributed by atoms with Gasteiger partial charge in [0.05, 0.1) is 12.1 Å². The molecule has 7 heteroatoms. The molecule has 2 aliphatic rings. The van der Waals surface area contributed by atoms with Crippen LogP contribution in [0, 0.1) is 6.92 Å². The molecule has 110 valence electrons. The molecule has 21 heavy (non-hydrogen) atoms. The molecule has 3 heterocycles. The van der Waals surface area contributed by atoms with E-state index in [1.807, 2.05) is 6.92 Å². The van der Waals surface area contributed by atoms with Crippen LogP contribution in [0.3, 0.4) is 0 Å². The number of hydrogen-bond acceptors (Lipinski definition) is 4. The second-order valence-corrected chi connectivity index (χ2v) is 5.57. The van der Waals surface area contributed by atoms with E-state index in [1.54, 1.807) is 17.2 Å². The summed E-state index contributed by atoms with van der Waals surface area (Å²) in [7, 11) is 0. The molecule has 2 N–H and O–H groups in total. The van der Waals surface area contributed by atoms with E-state index in [9.17, 15) is 14.4 Å².